The van der Waals surface area contributed by atoms with E-state index in [9.17, 15) is 9.59 Å². The van der Waals surface area contributed by atoms with Crippen LogP contribution in [0.3, 0.4) is 0 Å². The average Bonchev–Trinajstić information content (AvgIpc) is 3.14. The zero-order valence-electron chi connectivity index (χ0n) is 13.2. The molecule has 0 aromatic heterocycles. The van der Waals surface area contributed by atoms with E-state index in [0.29, 0.717) is 0 Å². The first-order valence-electron chi connectivity index (χ1n) is 8.14. The first kappa shape index (κ1) is 15.4. The Morgan fingerprint density at radius 3 is 2.79 bits per heavy atom. The van der Waals surface area contributed by atoms with Crippen LogP contribution in [0, 0.1) is 0 Å². The Bertz CT molecular complexity index is 629. The van der Waals surface area contributed by atoms with E-state index in [1.165, 1.54) is 0 Å². The minimum Gasteiger partial charge on any atom is -0.489 e. The third-order valence-corrected chi connectivity index (χ3v) is 4.75. The third-order valence-electron chi connectivity index (χ3n) is 4.75. The van der Waals surface area contributed by atoms with E-state index in [0.717, 1.165) is 30.1 Å². The van der Waals surface area contributed by atoms with Gasteiger partial charge >= 0.3 is 6.09 Å². The predicted octanol–water partition coefficient (Wildman–Crippen LogP) is 1.71. The highest BCUT2D eigenvalue weighted by Gasteiger charge is 2.51. The van der Waals surface area contributed by atoms with Crippen molar-refractivity contribution in [2.75, 3.05) is 19.8 Å². The summed E-state index contributed by atoms with van der Waals surface area (Å²) in [5.74, 6) is 0.578. The molecule has 0 radical (unpaired) electrons. The number of hydroxylamine groups is 2. The van der Waals surface area contributed by atoms with Crippen molar-refractivity contribution in [3.05, 3.63) is 30.3 Å². The maximum absolute atomic E-state index is 12.5. The zero-order valence-corrected chi connectivity index (χ0v) is 13.2. The van der Waals surface area contributed by atoms with Crippen LogP contribution in [0.1, 0.15) is 19.3 Å². The van der Waals surface area contributed by atoms with E-state index >= 15 is 0 Å². The number of ether oxygens (including phenoxy) is 3. The van der Waals surface area contributed by atoms with Crippen molar-refractivity contribution < 1.29 is 28.6 Å². The lowest BCUT2D eigenvalue weighted by Crippen LogP contribution is -2.51. The Balaban J connectivity index is 1.39. The molecule has 2 atom stereocenters. The summed E-state index contributed by atoms with van der Waals surface area (Å²) in [4.78, 5) is 29.6. The van der Waals surface area contributed by atoms with Gasteiger partial charge in [0.2, 0.25) is 0 Å². The van der Waals surface area contributed by atoms with Crippen LogP contribution in [0.25, 0.3) is 0 Å². The molecule has 7 heteroatoms. The fourth-order valence-electron chi connectivity index (χ4n) is 3.20. The van der Waals surface area contributed by atoms with Gasteiger partial charge in [-0.25, -0.2) is 4.79 Å². The van der Waals surface area contributed by atoms with Crippen LogP contribution in [0.4, 0.5) is 4.79 Å². The van der Waals surface area contributed by atoms with Crippen molar-refractivity contribution in [2.45, 2.75) is 37.0 Å². The summed E-state index contributed by atoms with van der Waals surface area (Å²) in [5.41, 5.74) is -0.656. The van der Waals surface area contributed by atoms with E-state index in [2.05, 4.69) is 0 Å². The molecule has 1 amide bonds. The van der Waals surface area contributed by atoms with E-state index < -0.39 is 17.7 Å². The molecule has 2 aliphatic heterocycles. The van der Waals surface area contributed by atoms with E-state index in [1.54, 1.807) is 0 Å². The van der Waals surface area contributed by atoms with Gasteiger partial charge < -0.3 is 14.2 Å². The number of rotatable bonds is 4. The molecule has 2 heterocycles. The Morgan fingerprint density at radius 1 is 1.29 bits per heavy atom. The molecule has 3 aliphatic rings. The minimum atomic E-state index is -0.690. The van der Waals surface area contributed by atoms with Crippen LogP contribution >= 0.6 is 0 Å². The quantitative estimate of drug-likeness (QED) is 0.835. The van der Waals surface area contributed by atoms with Gasteiger partial charge in [0.05, 0.1) is 0 Å². The van der Waals surface area contributed by atoms with Crippen molar-refractivity contribution in [3.8, 4) is 5.75 Å². The molecule has 0 bridgehead atoms. The third kappa shape index (κ3) is 2.74. The molecule has 128 valence electrons. The summed E-state index contributed by atoms with van der Waals surface area (Å²) in [6, 6.07) is 8.71. The van der Waals surface area contributed by atoms with Gasteiger partial charge in [0.15, 0.2) is 11.8 Å². The second-order valence-electron chi connectivity index (χ2n) is 6.39. The minimum absolute atomic E-state index is 0.0186. The highest BCUT2D eigenvalue weighted by Crippen LogP contribution is 2.38. The first-order valence-corrected chi connectivity index (χ1v) is 8.14. The number of ketones is 1. The molecule has 1 aromatic carbocycles. The van der Waals surface area contributed by atoms with Crippen molar-refractivity contribution in [1.29, 1.82) is 0 Å². The summed E-state index contributed by atoms with van der Waals surface area (Å²) in [6.07, 6.45) is 1.41. The molecule has 1 aliphatic carbocycles. The summed E-state index contributed by atoms with van der Waals surface area (Å²) >= 11 is 0. The van der Waals surface area contributed by atoms with Gasteiger partial charge in [-0.3, -0.25) is 9.63 Å². The lowest BCUT2D eigenvalue weighted by atomic mass is 9.80. The number of hydrogen-bond donors (Lipinski definition) is 0. The van der Waals surface area contributed by atoms with E-state index in [-0.39, 0.29) is 31.7 Å². The summed E-state index contributed by atoms with van der Waals surface area (Å²) in [7, 11) is 0. The summed E-state index contributed by atoms with van der Waals surface area (Å²) in [5, 5.41) is 1.03. The average molecular weight is 333 g/mol. The fourth-order valence-corrected chi connectivity index (χ4v) is 3.20. The van der Waals surface area contributed by atoms with Gasteiger partial charge in [0.25, 0.3) is 0 Å². The standard InChI is InChI=1S/C17H19NO6/c19-13-9-21-14-10-23-18(15(13)14)16(20)24-17(7-4-8-17)11-22-12-5-2-1-3-6-12/h1-3,5-6,14-15H,4,7-11H2/t14-,15-/m1/s1. The van der Waals surface area contributed by atoms with Crippen molar-refractivity contribution in [1.82, 2.24) is 5.06 Å². The van der Waals surface area contributed by atoms with Crippen molar-refractivity contribution in [2.24, 2.45) is 0 Å². The van der Waals surface area contributed by atoms with Gasteiger partial charge in [-0.1, -0.05) is 18.2 Å². The van der Waals surface area contributed by atoms with Crippen LogP contribution in [-0.4, -0.2) is 54.5 Å². The van der Waals surface area contributed by atoms with E-state index in [1.807, 2.05) is 30.3 Å². The number of Topliss-reactive ketones (excluding diaryl/α,β-unsaturated/α-hetero) is 1. The predicted molar refractivity (Wildman–Crippen MR) is 81.3 cm³/mol. The monoisotopic (exact) mass is 333 g/mol. The molecule has 1 aromatic rings. The second-order valence-corrected chi connectivity index (χ2v) is 6.39. The van der Waals surface area contributed by atoms with Crippen LogP contribution < -0.4 is 4.74 Å². The normalized spacial score (nSPS) is 27.5. The molecular formula is C17H19NO6. The maximum Gasteiger partial charge on any atom is 0.435 e. The van der Waals surface area contributed by atoms with Crippen molar-refractivity contribution >= 4 is 11.9 Å². The largest absolute Gasteiger partial charge is 0.489 e. The highest BCUT2D eigenvalue weighted by molar-refractivity contribution is 5.90. The number of carbonyl (C=O) groups excluding carboxylic acids is 2. The molecule has 0 unspecified atom stereocenters. The van der Waals surface area contributed by atoms with Crippen LogP contribution in [-0.2, 0) is 19.1 Å². The Morgan fingerprint density at radius 2 is 2.08 bits per heavy atom. The number of para-hydroxylation sites is 1. The zero-order chi connectivity index (χ0) is 16.6. The lowest BCUT2D eigenvalue weighted by Gasteiger charge is -2.41. The van der Waals surface area contributed by atoms with E-state index in [4.69, 9.17) is 19.0 Å². The molecule has 1 saturated carbocycles. The Labute approximate surface area is 139 Å². The number of hydrogen-bond acceptors (Lipinski definition) is 6. The van der Waals surface area contributed by atoms with Gasteiger partial charge in [-0.15, -0.1) is 0 Å². The SMILES string of the molecule is O=C1CO[C@@H]2CON(C(=O)OC3(COc4ccccc4)CCC3)[C@H]12. The summed E-state index contributed by atoms with van der Waals surface area (Å²) < 4.78 is 16.7. The van der Waals surface area contributed by atoms with Gasteiger partial charge in [0, 0.05) is 0 Å². The molecule has 2 saturated heterocycles. The number of benzene rings is 1. The molecule has 3 fully saturated rings. The van der Waals surface area contributed by atoms with Crippen LogP contribution in [0.5, 0.6) is 5.75 Å². The number of amides is 1. The second kappa shape index (κ2) is 6.07. The van der Waals surface area contributed by atoms with Crippen molar-refractivity contribution in [3.63, 3.8) is 0 Å². The molecule has 4 rings (SSSR count). The fraction of sp³-hybridized carbons (Fsp3) is 0.529. The van der Waals surface area contributed by atoms with Crippen LogP contribution in [0.15, 0.2) is 30.3 Å². The number of fused-ring (bicyclic) bond motifs is 1. The van der Waals surface area contributed by atoms with Crippen LogP contribution in [0.2, 0.25) is 0 Å². The molecule has 24 heavy (non-hydrogen) atoms. The highest BCUT2D eigenvalue weighted by atomic mass is 16.8. The molecular weight excluding hydrogens is 314 g/mol. The Kier molecular flexibility index (Phi) is 3.90. The van der Waals surface area contributed by atoms with Gasteiger partial charge in [-0.05, 0) is 31.4 Å². The molecule has 0 N–H and O–H groups in total. The Hall–Kier alpha value is -2.12. The maximum atomic E-state index is 12.5. The smallest absolute Gasteiger partial charge is 0.435 e. The first-order chi connectivity index (χ1) is 11.7. The van der Waals surface area contributed by atoms with Gasteiger partial charge in [-0.2, -0.15) is 5.06 Å². The molecule has 0 spiro atoms. The van der Waals surface area contributed by atoms with Gasteiger partial charge in [0.1, 0.15) is 37.3 Å². The number of nitrogens with zero attached hydrogens (tertiary/aromatic N) is 1. The number of carbonyl (C=O) groups is 2. The topological polar surface area (TPSA) is 74.3 Å². The molecule has 7 nitrogen and oxygen atoms in total. The lowest BCUT2D eigenvalue weighted by molar-refractivity contribution is -0.160. The summed E-state index contributed by atoms with van der Waals surface area (Å²) in [6.45, 7) is 0.499.